The number of nitrogens with zero attached hydrogens (tertiary/aromatic N) is 4. The summed E-state index contributed by atoms with van der Waals surface area (Å²) in [6, 6.07) is 4.71. The largest absolute Gasteiger partial charge is 0.352 e. The van der Waals surface area contributed by atoms with Crippen LogP contribution in [0.2, 0.25) is 0 Å². The standard InChI is InChI=1S/C18H25FN6O/c1-13-2-3-17(19)15(8-13)11-24-6-4-14(5-7-24)10-25-12-16(22-23-25)9-21-18(20)26/h2-3,8,12,14H,4-7,9-11H2,1H3,(H3,20,21,26). The highest BCUT2D eigenvalue weighted by molar-refractivity contribution is 5.71. The molecule has 1 saturated heterocycles. The molecule has 3 rings (SSSR count). The zero-order valence-corrected chi connectivity index (χ0v) is 15.0. The average molecular weight is 360 g/mol. The quantitative estimate of drug-likeness (QED) is 0.822. The first-order valence-electron chi connectivity index (χ1n) is 8.89. The fourth-order valence-electron chi connectivity index (χ4n) is 3.34. The van der Waals surface area contributed by atoms with Crippen molar-refractivity contribution in [3.8, 4) is 0 Å². The minimum Gasteiger partial charge on any atom is -0.352 e. The number of piperidine rings is 1. The minimum atomic E-state index is -0.572. The van der Waals surface area contributed by atoms with Crippen LogP contribution in [-0.2, 0) is 19.6 Å². The first-order chi connectivity index (χ1) is 12.5. The summed E-state index contributed by atoms with van der Waals surface area (Å²) in [5.74, 6) is 0.393. The highest BCUT2D eigenvalue weighted by Gasteiger charge is 2.21. The van der Waals surface area contributed by atoms with E-state index in [2.05, 4.69) is 20.5 Å². The van der Waals surface area contributed by atoms with Crippen LogP contribution in [-0.4, -0.2) is 39.0 Å². The number of amides is 2. The van der Waals surface area contributed by atoms with E-state index in [0.717, 1.165) is 43.6 Å². The normalized spacial score (nSPS) is 15.9. The first kappa shape index (κ1) is 18.3. The van der Waals surface area contributed by atoms with Crippen LogP contribution in [0.4, 0.5) is 9.18 Å². The molecular weight excluding hydrogens is 335 g/mol. The maximum absolute atomic E-state index is 13.9. The number of aromatic nitrogens is 3. The Morgan fingerprint density at radius 2 is 2.15 bits per heavy atom. The van der Waals surface area contributed by atoms with Gasteiger partial charge in [0.05, 0.1) is 12.7 Å². The number of hydrogen-bond donors (Lipinski definition) is 2. The zero-order valence-electron chi connectivity index (χ0n) is 15.0. The molecule has 1 aliphatic heterocycles. The van der Waals surface area contributed by atoms with Gasteiger partial charge in [-0.05, 0) is 44.8 Å². The van der Waals surface area contributed by atoms with Crippen LogP contribution in [0, 0.1) is 18.7 Å². The van der Waals surface area contributed by atoms with Gasteiger partial charge in [0.1, 0.15) is 11.5 Å². The molecule has 3 N–H and O–H groups in total. The summed E-state index contributed by atoms with van der Waals surface area (Å²) < 4.78 is 15.7. The lowest BCUT2D eigenvalue weighted by Gasteiger charge is -2.32. The molecule has 0 radical (unpaired) electrons. The Morgan fingerprint density at radius 1 is 1.38 bits per heavy atom. The van der Waals surface area contributed by atoms with E-state index in [4.69, 9.17) is 5.73 Å². The maximum atomic E-state index is 13.9. The first-order valence-corrected chi connectivity index (χ1v) is 8.89. The summed E-state index contributed by atoms with van der Waals surface area (Å²) in [6.45, 7) is 5.63. The molecular formula is C18H25FN6O. The second-order valence-electron chi connectivity index (χ2n) is 6.96. The molecule has 1 fully saturated rings. The van der Waals surface area contributed by atoms with E-state index in [-0.39, 0.29) is 12.4 Å². The Morgan fingerprint density at radius 3 is 2.88 bits per heavy atom. The summed E-state index contributed by atoms with van der Waals surface area (Å²) in [4.78, 5) is 13.0. The van der Waals surface area contributed by atoms with E-state index in [9.17, 15) is 9.18 Å². The van der Waals surface area contributed by atoms with Crippen molar-refractivity contribution in [2.45, 2.75) is 39.4 Å². The fourth-order valence-corrected chi connectivity index (χ4v) is 3.34. The number of primary amides is 1. The van der Waals surface area contributed by atoms with Gasteiger partial charge in [0.2, 0.25) is 0 Å². The van der Waals surface area contributed by atoms with Gasteiger partial charge in [-0.15, -0.1) is 5.10 Å². The summed E-state index contributed by atoms with van der Waals surface area (Å²) in [7, 11) is 0. The number of carbonyl (C=O) groups is 1. The Labute approximate surface area is 152 Å². The molecule has 26 heavy (non-hydrogen) atoms. The van der Waals surface area contributed by atoms with Crippen molar-refractivity contribution in [2.24, 2.45) is 11.7 Å². The molecule has 0 atom stereocenters. The molecule has 1 aromatic heterocycles. The molecule has 0 saturated carbocycles. The number of carbonyl (C=O) groups excluding carboxylic acids is 1. The van der Waals surface area contributed by atoms with Crippen LogP contribution in [0.1, 0.15) is 29.7 Å². The Hall–Kier alpha value is -2.48. The van der Waals surface area contributed by atoms with Crippen molar-refractivity contribution in [3.63, 3.8) is 0 Å². The number of urea groups is 1. The number of nitrogens with one attached hydrogen (secondary N) is 1. The third-order valence-corrected chi connectivity index (χ3v) is 4.78. The molecule has 2 amide bonds. The number of hydrogen-bond acceptors (Lipinski definition) is 4. The van der Waals surface area contributed by atoms with Gasteiger partial charge in [-0.1, -0.05) is 22.9 Å². The maximum Gasteiger partial charge on any atom is 0.312 e. The van der Waals surface area contributed by atoms with E-state index < -0.39 is 6.03 Å². The van der Waals surface area contributed by atoms with Crippen LogP contribution in [0.25, 0.3) is 0 Å². The smallest absolute Gasteiger partial charge is 0.312 e. The van der Waals surface area contributed by atoms with Crippen molar-refractivity contribution >= 4 is 6.03 Å². The predicted octanol–water partition coefficient (Wildman–Crippen LogP) is 1.81. The molecule has 2 heterocycles. The second kappa shape index (κ2) is 8.27. The predicted molar refractivity (Wildman–Crippen MR) is 95.6 cm³/mol. The number of halogens is 1. The summed E-state index contributed by atoms with van der Waals surface area (Å²) in [5.41, 5.74) is 7.60. The minimum absolute atomic E-state index is 0.127. The number of benzene rings is 1. The van der Waals surface area contributed by atoms with Gasteiger partial charge in [0.25, 0.3) is 0 Å². The molecule has 0 spiro atoms. The number of nitrogens with two attached hydrogens (primary N) is 1. The number of rotatable bonds is 6. The summed E-state index contributed by atoms with van der Waals surface area (Å²) in [5, 5.41) is 10.6. The lowest BCUT2D eigenvalue weighted by molar-refractivity contribution is 0.162. The highest BCUT2D eigenvalue weighted by Crippen LogP contribution is 2.21. The number of aryl methyl sites for hydroxylation is 1. The van der Waals surface area contributed by atoms with E-state index in [0.29, 0.717) is 18.2 Å². The molecule has 8 heteroatoms. The molecule has 1 aromatic carbocycles. The summed E-state index contributed by atoms with van der Waals surface area (Å²) >= 11 is 0. The van der Waals surface area contributed by atoms with Crippen molar-refractivity contribution in [1.29, 1.82) is 0 Å². The van der Waals surface area contributed by atoms with Crippen LogP contribution in [0.3, 0.4) is 0 Å². The molecule has 0 bridgehead atoms. The third-order valence-electron chi connectivity index (χ3n) is 4.78. The van der Waals surface area contributed by atoms with E-state index in [1.807, 2.05) is 23.9 Å². The van der Waals surface area contributed by atoms with Crippen LogP contribution in [0.15, 0.2) is 24.4 Å². The third kappa shape index (κ3) is 5.01. The van der Waals surface area contributed by atoms with Gasteiger partial charge < -0.3 is 11.1 Å². The van der Waals surface area contributed by atoms with Gasteiger partial charge in [0.15, 0.2) is 0 Å². The monoisotopic (exact) mass is 360 g/mol. The Bertz CT molecular complexity index is 754. The molecule has 7 nitrogen and oxygen atoms in total. The van der Waals surface area contributed by atoms with Gasteiger partial charge in [-0.3, -0.25) is 9.58 Å². The summed E-state index contributed by atoms with van der Waals surface area (Å²) in [6.07, 6.45) is 3.93. The average Bonchev–Trinajstić information content (AvgIpc) is 3.05. The SMILES string of the molecule is Cc1ccc(F)c(CN2CCC(Cn3cc(CNC(N)=O)nn3)CC2)c1. The second-order valence-corrected chi connectivity index (χ2v) is 6.96. The molecule has 1 aliphatic rings. The lowest BCUT2D eigenvalue weighted by atomic mass is 9.96. The van der Waals surface area contributed by atoms with Gasteiger partial charge in [-0.25, -0.2) is 9.18 Å². The number of likely N-dealkylation sites (tertiary alicyclic amines) is 1. The zero-order chi connectivity index (χ0) is 18.5. The van der Waals surface area contributed by atoms with Crippen molar-refractivity contribution in [1.82, 2.24) is 25.2 Å². The van der Waals surface area contributed by atoms with E-state index in [1.165, 1.54) is 0 Å². The van der Waals surface area contributed by atoms with Crippen LogP contribution >= 0.6 is 0 Å². The van der Waals surface area contributed by atoms with Crippen molar-refractivity contribution in [2.75, 3.05) is 13.1 Å². The van der Waals surface area contributed by atoms with E-state index >= 15 is 0 Å². The Balaban J connectivity index is 1.46. The molecule has 0 aliphatic carbocycles. The van der Waals surface area contributed by atoms with Gasteiger partial charge >= 0.3 is 6.03 Å². The lowest BCUT2D eigenvalue weighted by Crippen LogP contribution is -2.34. The fraction of sp³-hybridized carbons (Fsp3) is 0.500. The van der Waals surface area contributed by atoms with Crippen molar-refractivity contribution < 1.29 is 9.18 Å². The molecule has 140 valence electrons. The van der Waals surface area contributed by atoms with Crippen LogP contribution < -0.4 is 11.1 Å². The van der Waals surface area contributed by atoms with Crippen molar-refractivity contribution in [3.05, 3.63) is 47.0 Å². The molecule has 0 unspecified atom stereocenters. The highest BCUT2D eigenvalue weighted by atomic mass is 19.1. The van der Waals surface area contributed by atoms with E-state index in [1.54, 1.807) is 12.1 Å². The van der Waals surface area contributed by atoms with Gasteiger partial charge in [-0.2, -0.15) is 0 Å². The Kier molecular flexibility index (Phi) is 5.82. The topological polar surface area (TPSA) is 89.1 Å². The van der Waals surface area contributed by atoms with Gasteiger partial charge in [0, 0.05) is 18.7 Å². The van der Waals surface area contributed by atoms with Crippen LogP contribution in [0.5, 0.6) is 0 Å². The molecule has 2 aromatic rings.